The fraction of sp³-hybridized carbons (Fsp3) is 0.824. The minimum Gasteiger partial charge on any atom is -0.356 e. The Balaban J connectivity index is 1.65. The van der Waals surface area contributed by atoms with E-state index in [0.717, 1.165) is 19.4 Å². The second-order valence-electron chi connectivity index (χ2n) is 6.75. The zero-order valence-electron chi connectivity index (χ0n) is 13.8. The largest absolute Gasteiger partial charge is 0.356 e. The summed E-state index contributed by atoms with van der Waals surface area (Å²) in [4.78, 5) is 23.7. The molecule has 1 aliphatic carbocycles. The topological polar surface area (TPSA) is 94.0 Å². The monoisotopic (exact) mass is 320 g/mol. The molecule has 0 aromatic heterocycles. The molecule has 2 aliphatic rings. The van der Waals surface area contributed by atoms with Gasteiger partial charge in [0.05, 0.1) is 12.6 Å². The number of carbonyl (C=O) groups is 2. The number of nitriles is 1. The summed E-state index contributed by atoms with van der Waals surface area (Å²) in [5, 5.41) is 17.9. The molecule has 1 saturated carbocycles. The predicted molar refractivity (Wildman–Crippen MR) is 87.3 cm³/mol. The number of nitrogens with one attached hydrogen (secondary N) is 3. The molecule has 0 aromatic rings. The highest BCUT2D eigenvalue weighted by molar-refractivity contribution is 5.80. The van der Waals surface area contributed by atoms with Gasteiger partial charge in [0.25, 0.3) is 0 Å². The Labute approximate surface area is 138 Å². The number of carbonyl (C=O) groups excluding carboxylic acids is 2. The quantitative estimate of drug-likeness (QED) is 0.654. The van der Waals surface area contributed by atoms with Crippen molar-refractivity contribution in [3.8, 4) is 6.07 Å². The molecule has 2 fully saturated rings. The van der Waals surface area contributed by atoms with E-state index in [1.165, 1.54) is 32.1 Å². The molecule has 128 valence electrons. The Morgan fingerprint density at radius 3 is 2.74 bits per heavy atom. The van der Waals surface area contributed by atoms with Gasteiger partial charge in [-0.15, -0.1) is 0 Å². The van der Waals surface area contributed by atoms with Crippen LogP contribution in [0.25, 0.3) is 0 Å². The fourth-order valence-electron chi connectivity index (χ4n) is 3.52. The van der Waals surface area contributed by atoms with E-state index in [2.05, 4.69) is 22.0 Å². The standard InChI is InChI=1S/C17H28N4O2/c18-10-15(9-14-7-4-8-20-17(14)23)21-16(22)12-19-11-13-5-2-1-3-6-13/h13-15,19H,1-9,11-12H2,(H,20,23)(H,21,22)/t14-,15-/m0/s1. The van der Waals surface area contributed by atoms with E-state index >= 15 is 0 Å². The third kappa shape index (κ3) is 6.19. The predicted octanol–water partition coefficient (Wildman–Crippen LogP) is 1.08. The molecule has 1 saturated heterocycles. The molecule has 6 nitrogen and oxygen atoms in total. The average molecular weight is 320 g/mol. The Bertz CT molecular complexity index is 440. The second-order valence-corrected chi connectivity index (χ2v) is 6.75. The zero-order valence-corrected chi connectivity index (χ0v) is 13.8. The summed E-state index contributed by atoms with van der Waals surface area (Å²) in [5.41, 5.74) is 0. The molecule has 2 amide bonds. The van der Waals surface area contributed by atoms with Crippen molar-refractivity contribution in [1.82, 2.24) is 16.0 Å². The zero-order chi connectivity index (χ0) is 16.5. The van der Waals surface area contributed by atoms with E-state index in [4.69, 9.17) is 0 Å². The summed E-state index contributed by atoms with van der Waals surface area (Å²) in [6.07, 6.45) is 8.52. The summed E-state index contributed by atoms with van der Waals surface area (Å²) in [5.74, 6) is 0.350. The van der Waals surface area contributed by atoms with Crippen LogP contribution in [0.4, 0.5) is 0 Å². The number of hydrogen-bond donors (Lipinski definition) is 3. The van der Waals surface area contributed by atoms with Crippen molar-refractivity contribution in [3.05, 3.63) is 0 Å². The molecular weight excluding hydrogens is 292 g/mol. The number of piperidine rings is 1. The Kier molecular flexibility index (Phi) is 7.34. The third-order valence-corrected chi connectivity index (χ3v) is 4.85. The maximum atomic E-state index is 12.0. The molecule has 2 atom stereocenters. The van der Waals surface area contributed by atoms with E-state index in [9.17, 15) is 14.9 Å². The van der Waals surface area contributed by atoms with Crippen LogP contribution in [0.15, 0.2) is 0 Å². The van der Waals surface area contributed by atoms with Gasteiger partial charge in [0.1, 0.15) is 6.04 Å². The minimum atomic E-state index is -0.590. The van der Waals surface area contributed by atoms with Crippen LogP contribution in [0, 0.1) is 23.2 Å². The molecule has 0 unspecified atom stereocenters. The van der Waals surface area contributed by atoms with Crippen molar-refractivity contribution >= 4 is 11.8 Å². The van der Waals surface area contributed by atoms with Gasteiger partial charge in [-0.05, 0) is 44.6 Å². The van der Waals surface area contributed by atoms with Crippen LogP contribution in [0.5, 0.6) is 0 Å². The van der Waals surface area contributed by atoms with Gasteiger partial charge >= 0.3 is 0 Å². The van der Waals surface area contributed by atoms with E-state index in [0.29, 0.717) is 18.9 Å². The van der Waals surface area contributed by atoms with Gasteiger partial charge < -0.3 is 16.0 Å². The van der Waals surface area contributed by atoms with Crippen molar-refractivity contribution in [2.45, 2.75) is 57.4 Å². The summed E-state index contributed by atoms with van der Waals surface area (Å²) in [6, 6.07) is 1.51. The molecule has 6 heteroatoms. The number of hydrogen-bond acceptors (Lipinski definition) is 4. The highest BCUT2D eigenvalue weighted by Gasteiger charge is 2.26. The maximum absolute atomic E-state index is 12.0. The van der Waals surface area contributed by atoms with Crippen molar-refractivity contribution in [2.75, 3.05) is 19.6 Å². The van der Waals surface area contributed by atoms with Crippen LogP contribution < -0.4 is 16.0 Å². The summed E-state index contributed by atoms with van der Waals surface area (Å²) >= 11 is 0. The van der Waals surface area contributed by atoms with Gasteiger partial charge in [-0.1, -0.05) is 19.3 Å². The first kappa shape index (κ1) is 17.7. The first-order valence-corrected chi connectivity index (χ1v) is 8.86. The first-order valence-electron chi connectivity index (χ1n) is 8.86. The molecular formula is C17H28N4O2. The van der Waals surface area contributed by atoms with Gasteiger partial charge in [-0.2, -0.15) is 5.26 Å². The first-order chi connectivity index (χ1) is 11.2. The lowest BCUT2D eigenvalue weighted by Crippen LogP contribution is -2.44. The Morgan fingerprint density at radius 1 is 1.26 bits per heavy atom. The van der Waals surface area contributed by atoms with E-state index < -0.39 is 6.04 Å². The van der Waals surface area contributed by atoms with Gasteiger partial charge in [-0.25, -0.2) is 0 Å². The molecule has 0 aromatic carbocycles. The Hall–Kier alpha value is -1.61. The summed E-state index contributed by atoms with van der Waals surface area (Å²) in [6.45, 7) is 1.82. The minimum absolute atomic E-state index is 0.00109. The molecule has 23 heavy (non-hydrogen) atoms. The maximum Gasteiger partial charge on any atom is 0.234 e. The van der Waals surface area contributed by atoms with E-state index in [1.54, 1.807) is 0 Å². The van der Waals surface area contributed by atoms with Crippen molar-refractivity contribution in [2.24, 2.45) is 11.8 Å². The van der Waals surface area contributed by atoms with Crippen molar-refractivity contribution < 1.29 is 9.59 Å². The van der Waals surface area contributed by atoms with Crippen molar-refractivity contribution in [1.29, 1.82) is 5.26 Å². The molecule has 0 bridgehead atoms. The van der Waals surface area contributed by atoms with Crippen molar-refractivity contribution in [3.63, 3.8) is 0 Å². The highest BCUT2D eigenvalue weighted by Crippen LogP contribution is 2.22. The van der Waals surface area contributed by atoms with Gasteiger partial charge in [0, 0.05) is 12.5 Å². The Morgan fingerprint density at radius 2 is 2.04 bits per heavy atom. The van der Waals surface area contributed by atoms with Crippen LogP contribution in [0.2, 0.25) is 0 Å². The molecule has 2 rings (SSSR count). The summed E-state index contributed by atoms with van der Waals surface area (Å²) < 4.78 is 0. The molecule has 3 N–H and O–H groups in total. The lowest BCUT2D eigenvalue weighted by Gasteiger charge is -2.24. The van der Waals surface area contributed by atoms with Crippen LogP contribution in [0.3, 0.4) is 0 Å². The molecule has 0 spiro atoms. The second kappa shape index (κ2) is 9.51. The normalized spacial score (nSPS) is 23.6. The molecule has 1 heterocycles. The van der Waals surface area contributed by atoms with Gasteiger partial charge in [-0.3, -0.25) is 9.59 Å². The van der Waals surface area contributed by atoms with Crippen LogP contribution >= 0.6 is 0 Å². The van der Waals surface area contributed by atoms with Crippen LogP contribution in [-0.2, 0) is 9.59 Å². The number of nitrogens with zero attached hydrogens (tertiary/aromatic N) is 1. The van der Waals surface area contributed by atoms with E-state index in [-0.39, 0.29) is 24.3 Å². The highest BCUT2D eigenvalue weighted by atomic mass is 16.2. The lowest BCUT2D eigenvalue weighted by molar-refractivity contribution is -0.127. The van der Waals surface area contributed by atoms with Crippen LogP contribution in [0.1, 0.15) is 51.4 Å². The lowest BCUT2D eigenvalue weighted by atomic mass is 9.89. The molecule has 1 aliphatic heterocycles. The fourth-order valence-corrected chi connectivity index (χ4v) is 3.52. The average Bonchev–Trinajstić information content (AvgIpc) is 2.57. The smallest absolute Gasteiger partial charge is 0.234 e. The van der Waals surface area contributed by atoms with Crippen LogP contribution in [-0.4, -0.2) is 37.5 Å². The molecule has 0 radical (unpaired) electrons. The SMILES string of the molecule is N#C[C@H](C[C@@H]1CCCNC1=O)NC(=O)CNCC1CCCCC1. The van der Waals surface area contributed by atoms with Gasteiger partial charge in [0.2, 0.25) is 11.8 Å². The number of amides is 2. The van der Waals surface area contributed by atoms with E-state index in [1.807, 2.05) is 0 Å². The van der Waals surface area contributed by atoms with Gasteiger partial charge in [0.15, 0.2) is 0 Å². The number of rotatable bonds is 7. The third-order valence-electron chi connectivity index (χ3n) is 4.85. The summed E-state index contributed by atoms with van der Waals surface area (Å²) in [7, 11) is 0.